The van der Waals surface area contributed by atoms with E-state index in [2.05, 4.69) is 46.0 Å². The Kier molecular flexibility index (Phi) is 6.15. The summed E-state index contributed by atoms with van der Waals surface area (Å²) in [5.41, 5.74) is -0.634. The molecule has 0 radical (unpaired) electrons. The van der Waals surface area contributed by atoms with Crippen molar-refractivity contribution in [2.45, 2.75) is 84.6 Å². The summed E-state index contributed by atoms with van der Waals surface area (Å²) in [6.07, 6.45) is 1.74. The van der Waals surface area contributed by atoms with Crippen LogP contribution in [0.25, 0.3) is 0 Å². The summed E-state index contributed by atoms with van der Waals surface area (Å²) >= 11 is 0. The van der Waals surface area contributed by atoms with Crippen LogP contribution < -0.4 is 5.32 Å². The summed E-state index contributed by atoms with van der Waals surface area (Å²) < 4.78 is 5.97. The number of rotatable bonds is 7. The molecule has 0 aromatic heterocycles. The van der Waals surface area contributed by atoms with Crippen molar-refractivity contribution in [1.82, 2.24) is 5.32 Å². The second-order valence-electron chi connectivity index (χ2n) is 5.99. The summed E-state index contributed by atoms with van der Waals surface area (Å²) in [5.74, 6) is 0. The molecule has 100 valence electrons. The fourth-order valence-corrected chi connectivity index (χ4v) is 2.02. The predicted molar refractivity (Wildman–Crippen MR) is 71.8 cm³/mol. The van der Waals surface area contributed by atoms with Crippen LogP contribution in [0.1, 0.15) is 61.3 Å². The topological polar surface area (TPSA) is 45.0 Å². The van der Waals surface area contributed by atoms with Gasteiger partial charge in [0.15, 0.2) is 0 Å². The van der Waals surface area contributed by atoms with Gasteiger partial charge in [0.1, 0.15) is 5.54 Å². The fourth-order valence-electron chi connectivity index (χ4n) is 2.02. The van der Waals surface area contributed by atoms with Gasteiger partial charge in [-0.3, -0.25) is 5.32 Å². The van der Waals surface area contributed by atoms with Crippen LogP contribution in [-0.2, 0) is 4.74 Å². The first-order chi connectivity index (χ1) is 7.64. The summed E-state index contributed by atoms with van der Waals surface area (Å²) in [4.78, 5) is 0. The molecule has 2 atom stereocenters. The van der Waals surface area contributed by atoms with Gasteiger partial charge in [-0.2, -0.15) is 5.26 Å². The van der Waals surface area contributed by atoms with Crippen molar-refractivity contribution < 1.29 is 4.74 Å². The first-order valence-corrected chi connectivity index (χ1v) is 6.51. The third-order valence-corrected chi connectivity index (χ3v) is 2.92. The fraction of sp³-hybridized carbons (Fsp3) is 0.929. The zero-order valence-corrected chi connectivity index (χ0v) is 12.4. The molecule has 2 unspecified atom stereocenters. The largest absolute Gasteiger partial charge is 0.373 e. The Morgan fingerprint density at radius 1 is 1.24 bits per heavy atom. The minimum Gasteiger partial charge on any atom is -0.373 e. The van der Waals surface area contributed by atoms with E-state index < -0.39 is 5.54 Å². The summed E-state index contributed by atoms with van der Waals surface area (Å²) in [6, 6.07) is 2.65. The van der Waals surface area contributed by atoms with Crippen molar-refractivity contribution >= 4 is 0 Å². The second kappa shape index (κ2) is 6.37. The van der Waals surface area contributed by atoms with Gasteiger partial charge in [-0.15, -0.1) is 0 Å². The number of nitriles is 1. The average molecular weight is 240 g/mol. The average Bonchev–Trinajstić information content (AvgIpc) is 2.15. The van der Waals surface area contributed by atoms with Gasteiger partial charge >= 0.3 is 0 Å². The van der Waals surface area contributed by atoms with E-state index in [0.717, 1.165) is 6.42 Å². The van der Waals surface area contributed by atoms with Gasteiger partial charge in [-0.1, -0.05) is 6.92 Å². The highest BCUT2D eigenvalue weighted by Gasteiger charge is 2.29. The highest BCUT2D eigenvalue weighted by molar-refractivity contribution is 5.05. The summed E-state index contributed by atoms with van der Waals surface area (Å²) in [5, 5.41) is 12.6. The third kappa shape index (κ3) is 6.65. The van der Waals surface area contributed by atoms with E-state index in [1.807, 2.05) is 13.8 Å². The Bertz CT molecular complexity index is 268. The normalized spacial score (nSPS) is 17.6. The first kappa shape index (κ1) is 16.4. The molecule has 1 N–H and O–H groups in total. The lowest BCUT2D eigenvalue weighted by Gasteiger charge is -2.33. The quantitative estimate of drug-likeness (QED) is 0.743. The van der Waals surface area contributed by atoms with Gasteiger partial charge in [-0.05, 0) is 48.0 Å². The molecule has 0 heterocycles. The maximum atomic E-state index is 9.27. The number of nitrogens with one attached hydrogen (secondary N) is 1. The van der Waals surface area contributed by atoms with Gasteiger partial charge in [0.05, 0.1) is 17.8 Å². The molecule has 0 spiro atoms. The maximum absolute atomic E-state index is 9.27. The molecule has 0 bridgehead atoms. The third-order valence-electron chi connectivity index (χ3n) is 2.92. The standard InChI is InChI=1S/C14H28N2O/c1-8-13(5,6)17-12(4)9-14(7,10-15)16-11(2)3/h11-12,16H,8-9H2,1-7H3. The van der Waals surface area contributed by atoms with E-state index in [0.29, 0.717) is 12.5 Å². The summed E-state index contributed by atoms with van der Waals surface area (Å²) in [7, 11) is 0. The number of ether oxygens (including phenoxy) is 1. The Morgan fingerprint density at radius 3 is 2.12 bits per heavy atom. The van der Waals surface area contributed by atoms with Crippen molar-refractivity contribution in [2.75, 3.05) is 0 Å². The highest BCUT2D eigenvalue weighted by Crippen LogP contribution is 2.21. The van der Waals surface area contributed by atoms with Crippen molar-refractivity contribution in [3.63, 3.8) is 0 Å². The maximum Gasteiger partial charge on any atom is 0.106 e. The Hall–Kier alpha value is -0.590. The van der Waals surface area contributed by atoms with Crippen LogP contribution in [0, 0.1) is 11.3 Å². The van der Waals surface area contributed by atoms with Crippen molar-refractivity contribution in [3.05, 3.63) is 0 Å². The van der Waals surface area contributed by atoms with Gasteiger partial charge < -0.3 is 4.74 Å². The van der Waals surface area contributed by atoms with Gasteiger partial charge in [-0.25, -0.2) is 0 Å². The number of hydrogen-bond acceptors (Lipinski definition) is 3. The molecule has 0 aliphatic heterocycles. The first-order valence-electron chi connectivity index (χ1n) is 6.51. The zero-order chi connectivity index (χ0) is 13.7. The minimum atomic E-state index is -0.516. The van der Waals surface area contributed by atoms with Crippen molar-refractivity contribution in [1.29, 1.82) is 5.26 Å². The van der Waals surface area contributed by atoms with E-state index in [1.54, 1.807) is 0 Å². The minimum absolute atomic E-state index is 0.0702. The van der Waals surface area contributed by atoms with Gasteiger partial charge in [0, 0.05) is 12.5 Å². The molecule has 0 saturated carbocycles. The molecule has 3 nitrogen and oxygen atoms in total. The predicted octanol–water partition coefficient (Wildman–Crippen LogP) is 3.25. The van der Waals surface area contributed by atoms with Gasteiger partial charge in [0.25, 0.3) is 0 Å². The molecule has 0 aliphatic carbocycles. The molecule has 0 rings (SSSR count). The highest BCUT2D eigenvalue weighted by atomic mass is 16.5. The molecule has 3 heteroatoms. The van der Waals surface area contributed by atoms with E-state index in [9.17, 15) is 5.26 Å². The lowest BCUT2D eigenvalue weighted by molar-refractivity contribution is -0.0738. The van der Waals surface area contributed by atoms with E-state index in [4.69, 9.17) is 4.74 Å². The second-order valence-corrected chi connectivity index (χ2v) is 5.99. The monoisotopic (exact) mass is 240 g/mol. The van der Waals surface area contributed by atoms with Crippen molar-refractivity contribution in [2.24, 2.45) is 0 Å². The molecule has 0 aromatic carbocycles. The Labute approximate surface area is 107 Å². The van der Waals surface area contributed by atoms with Crippen LogP contribution in [0.5, 0.6) is 0 Å². The van der Waals surface area contributed by atoms with E-state index >= 15 is 0 Å². The molecular weight excluding hydrogens is 212 g/mol. The number of hydrogen-bond donors (Lipinski definition) is 1. The van der Waals surface area contributed by atoms with Gasteiger partial charge in [0.2, 0.25) is 0 Å². The lowest BCUT2D eigenvalue weighted by atomic mass is 9.95. The van der Waals surface area contributed by atoms with Crippen LogP contribution in [0.2, 0.25) is 0 Å². The smallest absolute Gasteiger partial charge is 0.106 e. The van der Waals surface area contributed by atoms with E-state index in [1.165, 1.54) is 0 Å². The Balaban J connectivity index is 4.44. The van der Waals surface area contributed by atoms with Crippen LogP contribution >= 0.6 is 0 Å². The zero-order valence-electron chi connectivity index (χ0n) is 12.4. The number of nitrogens with zero attached hydrogens (tertiary/aromatic N) is 1. The van der Waals surface area contributed by atoms with Crippen molar-refractivity contribution in [3.8, 4) is 6.07 Å². The molecule has 17 heavy (non-hydrogen) atoms. The van der Waals surface area contributed by atoms with Crippen LogP contribution in [0.15, 0.2) is 0 Å². The molecule has 0 aliphatic rings. The molecule has 0 amide bonds. The van der Waals surface area contributed by atoms with Crippen LogP contribution in [0.3, 0.4) is 0 Å². The Morgan fingerprint density at radius 2 is 1.76 bits per heavy atom. The summed E-state index contributed by atoms with van der Waals surface area (Å²) in [6.45, 7) is 14.4. The SMILES string of the molecule is CCC(C)(C)OC(C)CC(C)(C#N)NC(C)C. The molecule has 0 aromatic rings. The molecule has 0 saturated heterocycles. The molecule has 0 fully saturated rings. The van der Waals surface area contributed by atoms with Crippen LogP contribution in [-0.4, -0.2) is 23.3 Å². The van der Waals surface area contributed by atoms with Crippen LogP contribution in [0.4, 0.5) is 0 Å². The molecular formula is C14H28N2O. The van der Waals surface area contributed by atoms with E-state index in [-0.39, 0.29) is 11.7 Å². The lowest BCUT2D eigenvalue weighted by Crippen LogP contribution is -2.48.